The highest BCUT2D eigenvalue weighted by molar-refractivity contribution is 5.99. The summed E-state index contributed by atoms with van der Waals surface area (Å²) in [6, 6.07) is 11.8. The number of aliphatic hydroxyl groups is 1. The van der Waals surface area contributed by atoms with Crippen LogP contribution in [0.15, 0.2) is 53.1 Å². The summed E-state index contributed by atoms with van der Waals surface area (Å²) in [5.74, 6) is -1.68. The fourth-order valence-corrected chi connectivity index (χ4v) is 5.32. The number of carbonyl (C=O) groups excluding carboxylic acids is 3. The Morgan fingerprint density at radius 2 is 1.97 bits per heavy atom. The number of aliphatic hydroxyl groups excluding tert-OH is 1. The molecule has 2 saturated heterocycles. The van der Waals surface area contributed by atoms with Gasteiger partial charge in [-0.25, -0.2) is 0 Å². The molecule has 3 atom stereocenters. The summed E-state index contributed by atoms with van der Waals surface area (Å²) in [7, 11) is 0. The zero-order chi connectivity index (χ0) is 23.4. The molecule has 2 aliphatic heterocycles. The van der Waals surface area contributed by atoms with Gasteiger partial charge in [0.25, 0.3) is 5.91 Å². The zero-order valence-corrected chi connectivity index (χ0v) is 18.8. The average molecular weight is 455 g/mol. The molecule has 1 aromatic heterocycles. The second kappa shape index (κ2) is 9.79. The molecule has 1 aromatic carbocycles. The maximum atomic E-state index is 14.0. The molecule has 0 bridgehead atoms. The minimum atomic E-state index is -1.23. The first-order valence-electron chi connectivity index (χ1n) is 11.5. The Kier molecular flexibility index (Phi) is 6.83. The van der Waals surface area contributed by atoms with Gasteiger partial charge in [0.2, 0.25) is 5.91 Å². The normalized spacial score (nSPS) is 25.3. The molecule has 176 valence electrons. The lowest BCUT2D eigenvalue weighted by molar-refractivity contribution is -0.148. The predicted molar refractivity (Wildman–Crippen MR) is 119 cm³/mol. The second-order valence-electron chi connectivity index (χ2n) is 8.58. The van der Waals surface area contributed by atoms with E-state index in [-0.39, 0.29) is 37.8 Å². The van der Waals surface area contributed by atoms with Gasteiger partial charge in [-0.15, -0.1) is 0 Å². The molecular weight excluding hydrogens is 424 g/mol. The number of likely N-dealkylation sites (tertiary alicyclic amines) is 2. The third kappa shape index (κ3) is 4.15. The van der Waals surface area contributed by atoms with Crippen LogP contribution < -0.4 is 0 Å². The number of carbonyl (C=O) groups is 3. The van der Waals surface area contributed by atoms with Gasteiger partial charge >= 0.3 is 5.97 Å². The topological polar surface area (TPSA) is 100 Å². The Morgan fingerprint density at radius 3 is 2.64 bits per heavy atom. The van der Waals surface area contributed by atoms with Crippen LogP contribution in [0.3, 0.4) is 0 Å². The third-order valence-corrected chi connectivity index (χ3v) is 6.68. The zero-order valence-electron chi connectivity index (χ0n) is 18.8. The number of esters is 1. The Hall–Kier alpha value is -3.13. The van der Waals surface area contributed by atoms with Gasteiger partial charge in [0.15, 0.2) is 5.76 Å². The molecule has 0 aliphatic carbocycles. The Balaban J connectivity index is 1.89. The number of ether oxygens (including phenoxy) is 1. The van der Waals surface area contributed by atoms with Crippen LogP contribution >= 0.6 is 0 Å². The minimum Gasteiger partial charge on any atom is -0.466 e. The van der Waals surface area contributed by atoms with E-state index in [9.17, 15) is 19.5 Å². The molecule has 2 amide bonds. The monoisotopic (exact) mass is 454 g/mol. The standard InChI is InChI=1S/C25H30N2O6/c1-2-32-23(30)19-17-25(12-6-7-13-26(14-15-28)24(25)31)27(22(29)20-11-8-16-33-20)21(19)18-9-4-3-5-10-18/h3-5,8-11,16,19,21,28H,2,6-7,12-15,17H2,1H3/t19-,21-,25-/m0/s1. The van der Waals surface area contributed by atoms with E-state index in [1.807, 2.05) is 30.3 Å². The van der Waals surface area contributed by atoms with Gasteiger partial charge in [0.1, 0.15) is 5.54 Å². The average Bonchev–Trinajstić information content (AvgIpc) is 3.45. The van der Waals surface area contributed by atoms with Crippen LogP contribution in [0.25, 0.3) is 0 Å². The quantitative estimate of drug-likeness (QED) is 0.674. The minimum absolute atomic E-state index is 0.116. The van der Waals surface area contributed by atoms with E-state index in [1.54, 1.807) is 28.9 Å². The third-order valence-electron chi connectivity index (χ3n) is 6.68. The van der Waals surface area contributed by atoms with E-state index in [4.69, 9.17) is 9.15 Å². The summed E-state index contributed by atoms with van der Waals surface area (Å²) in [6.45, 7) is 2.47. The molecule has 2 aliphatic rings. The molecule has 0 unspecified atom stereocenters. The van der Waals surface area contributed by atoms with Crippen molar-refractivity contribution in [2.24, 2.45) is 5.92 Å². The van der Waals surface area contributed by atoms with Gasteiger partial charge < -0.3 is 24.1 Å². The van der Waals surface area contributed by atoms with Crippen LogP contribution in [0.2, 0.25) is 0 Å². The number of furan rings is 1. The summed E-state index contributed by atoms with van der Waals surface area (Å²) in [5.41, 5.74) is -0.467. The van der Waals surface area contributed by atoms with Crippen LogP contribution in [0.5, 0.6) is 0 Å². The molecule has 8 nitrogen and oxygen atoms in total. The van der Waals surface area contributed by atoms with Crippen LogP contribution in [-0.2, 0) is 14.3 Å². The van der Waals surface area contributed by atoms with Crippen molar-refractivity contribution in [3.05, 3.63) is 60.1 Å². The fraction of sp³-hybridized carbons (Fsp3) is 0.480. The van der Waals surface area contributed by atoms with Gasteiger partial charge in [0, 0.05) is 13.1 Å². The molecule has 0 saturated carbocycles. The number of hydrogen-bond acceptors (Lipinski definition) is 6. The van der Waals surface area contributed by atoms with E-state index >= 15 is 0 Å². The van der Waals surface area contributed by atoms with Gasteiger partial charge in [0.05, 0.1) is 31.4 Å². The number of rotatable bonds is 6. The Bertz CT molecular complexity index is 976. The van der Waals surface area contributed by atoms with Crippen LogP contribution in [0, 0.1) is 5.92 Å². The maximum absolute atomic E-state index is 14.0. The van der Waals surface area contributed by atoms with E-state index in [2.05, 4.69) is 0 Å². The summed E-state index contributed by atoms with van der Waals surface area (Å²) < 4.78 is 10.8. The van der Waals surface area contributed by atoms with Crippen molar-refractivity contribution in [3.8, 4) is 0 Å². The second-order valence-corrected chi connectivity index (χ2v) is 8.58. The highest BCUT2D eigenvalue weighted by Gasteiger charge is 2.62. The van der Waals surface area contributed by atoms with Gasteiger partial charge in [-0.1, -0.05) is 30.3 Å². The smallest absolute Gasteiger partial charge is 0.311 e. The predicted octanol–water partition coefficient (Wildman–Crippen LogP) is 2.79. The van der Waals surface area contributed by atoms with Crippen molar-refractivity contribution in [3.63, 3.8) is 0 Å². The van der Waals surface area contributed by atoms with Crippen LogP contribution in [-0.4, -0.2) is 64.5 Å². The van der Waals surface area contributed by atoms with E-state index in [0.29, 0.717) is 19.4 Å². The highest BCUT2D eigenvalue weighted by atomic mass is 16.5. The van der Waals surface area contributed by atoms with Gasteiger partial charge in [-0.2, -0.15) is 0 Å². The van der Waals surface area contributed by atoms with E-state index < -0.39 is 29.4 Å². The number of amides is 2. The molecule has 33 heavy (non-hydrogen) atoms. The first kappa shape index (κ1) is 23.0. The summed E-state index contributed by atoms with van der Waals surface area (Å²) in [5, 5.41) is 9.56. The molecule has 8 heteroatoms. The van der Waals surface area contributed by atoms with Crippen molar-refractivity contribution >= 4 is 17.8 Å². The number of β-amino-alcohol motifs (C(OH)–C–C–N with tert-alkyl or cyclic N) is 1. The van der Waals surface area contributed by atoms with E-state index in [1.165, 1.54) is 6.26 Å². The van der Waals surface area contributed by atoms with Crippen LogP contribution in [0.4, 0.5) is 0 Å². The molecule has 1 spiro atoms. The fourth-order valence-electron chi connectivity index (χ4n) is 5.32. The van der Waals surface area contributed by atoms with E-state index in [0.717, 1.165) is 12.0 Å². The lowest BCUT2D eigenvalue weighted by Gasteiger charge is -2.41. The van der Waals surface area contributed by atoms with Gasteiger partial charge in [-0.05, 0) is 50.3 Å². The lowest BCUT2D eigenvalue weighted by Crippen LogP contribution is -2.58. The van der Waals surface area contributed by atoms with Crippen molar-refractivity contribution in [1.29, 1.82) is 0 Å². The molecule has 4 rings (SSSR count). The SMILES string of the molecule is CCOC(=O)[C@H]1C[C@]2(CCCCN(CCO)C2=O)N(C(=O)c2ccco2)[C@H]1c1ccccc1. The maximum Gasteiger partial charge on any atom is 0.311 e. The van der Waals surface area contributed by atoms with Crippen molar-refractivity contribution in [1.82, 2.24) is 9.80 Å². The first-order chi connectivity index (χ1) is 16.0. The molecule has 2 aromatic rings. The molecule has 2 fully saturated rings. The first-order valence-corrected chi connectivity index (χ1v) is 11.5. The summed E-state index contributed by atoms with van der Waals surface area (Å²) in [4.78, 5) is 44.2. The highest BCUT2D eigenvalue weighted by Crippen LogP contribution is 2.51. The lowest BCUT2D eigenvalue weighted by atomic mass is 9.85. The Labute approximate surface area is 193 Å². The largest absolute Gasteiger partial charge is 0.466 e. The summed E-state index contributed by atoms with van der Waals surface area (Å²) >= 11 is 0. The van der Waals surface area contributed by atoms with Crippen molar-refractivity contribution in [2.45, 2.75) is 44.2 Å². The number of benzene rings is 1. The Morgan fingerprint density at radius 1 is 1.18 bits per heavy atom. The van der Waals surface area contributed by atoms with Crippen molar-refractivity contribution in [2.75, 3.05) is 26.3 Å². The van der Waals surface area contributed by atoms with Crippen LogP contribution in [0.1, 0.15) is 54.8 Å². The molecular formula is C25H30N2O6. The van der Waals surface area contributed by atoms with Gasteiger partial charge in [-0.3, -0.25) is 14.4 Å². The number of nitrogens with zero attached hydrogens (tertiary/aromatic N) is 2. The molecule has 0 radical (unpaired) electrons. The summed E-state index contributed by atoms with van der Waals surface area (Å²) in [6.07, 6.45) is 3.49. The molecule has 1 N–H and O–H groups in total. The number of hydrogen-bond donors (Lipinski definition) is 1. The van der Waals surface area contributed by atoms with Crippen molar-refractivity contribution < 1.29 is 28.6 Å². The molecule has 3 heterocycles.